The molecule has 26 heavy (non-hydrogen) atoms. The Morgan fingerprint density at radius 2 is 1.73 bits per heavy atom. The summed E-state index contributed by atoms with van der Waals surface area (Å²) in [6.45, 7) is 0. The third-order valence-electron chi connectivity index (χ3n) is 4.38. The van der Waals surface area contributed by atoms with Gasteiger partial charge in [0.15, 0.2) is 0 Å². The van der Waals surface area contributed by atoms with Gasteiger partial charge in [-0.1, -0.05) is 12.1 Å². The van der Waals surface area contributed by atoms with Gasteiger partial charge in [-0.25, -0.2) is 0 Å². The molecule has 4 aromatic rings. The number of benzene rings is 3. The summed E-state index contributed by atoms with van der Waals surface area (Å²) in [5, 5.41) is 11.1. The Morgan fingerprint density at radius 1 is 0.923 bits per heavy atom. The van der Waals surface area contributed by atoms with Gasteiger partial charge in [-0.2, -0.15) is 0 Å². The summed E-state index contributed by atoms with van der Waals surface area (Å²) in [7, 11) is 3.14. The molecule has 1 aromatic heterocycles. The van der Waals surface area contributed by atoms with Gasteiger partial charge < -0.3 is 19.0 Å². The molecule has 4 rings (SSSR count). The van der Waals surface area contributed by atoms with E-state index in [-0.39, 0.29) is 16.6 Å². The third kappa shape index (κ3) is 2.45. The topological polar surface area (TPSA) is 68.9 Å². The Hall–Kier alpha value is -3.47. The van der Waals surface area contributed by atoms with Crippen LogP contribution in [0.5, 0.6) is 17.2 Å². The molecule has 1 N–H and O–H groups in total. The minimum absolute atomic E-state index is 0.130. The molecule has 0 aliphatic rings. The van der Waals surface area contributed by atoms with E-state index in [0.717, 1.165) is 5.56 Å². The highest BCUT2D eigenvalue weighted by Crippen LogP contribution is 2.37. The van der Waals surface area contributed by atoms with Crippen molar-refractivity contribution in [3.8, 4) is 28.4 Å². The Morgan fingerprint density at radius 3 is 2.50 bits per heavy atom. The Kier molecular flexibility index (Phi) is 3.77. The highest BCUT2D eigenvalue weighted by atomic mass is 16.5. The molecule has 5 nitrogen and oxygen atoms in total. The van der Waals surface area contributed by atoms with Crippen molar-refractivity contribution in [1.82, 2.24) is 0 Å². The number of ether oxygens (including phenoxy) is 2. The van der Waals surface area contributed by atoms with Gasteiger partial charge in [-0.15, -0.1) is 0 Å². The maximum Gasteiger partial charge on any atom is 0.204 e. The van der Waals surface area contributed by atoms with Crippen LogP contribution in [0.2, 0.25) is 0 Å². The van der Waals surface area contributed by atoms with E-state index in [0.29, 0.717) is 33.6 Å². The molecule has 0 saturated carbocycles. The van der Waals surface area contributed by atoms with Crippen molar-refractivity contribution in [2.75, 3.05) is 14.2 Å². The van der Waals surface area contributed by atoms with E-state index in [4.69, 9.17) is 13.9 Å². The maximum absolute atomic E-state index is 12.7. The zero-order valence-electron chi connectivity index (χ0n) is 14.3. The maximum atomic E-state index is 12.7. The molecule has 0 radical (unpaired) electrons. The van der Waals surface area contributed by atoms with E-state index >= 15 is 0 Å². The molecule has 0 atom stereocenters. The van der Waals surface area contributed by atoms with Gasteiger partial charge >= 0.3 is 0 Å². The Balaban J connectivity index is 2.01. The first-order chi connectivity index (χ1) is 12.6. The SMILES string of the molecule is COc1ccc(-c2cc(O)c3c(=O)c4ccccc4oc3c2)c(OC)c1. The normalized spacial score (nSPS) is 11.0. The van der Waals surface area contributed by atoms with E-state index in [1.807, 2.05) is 6.07 Å². The van der Waals surface area contributed by atoms with Crippen molar-refractivity contribution in [2.45, 2.75) is 0 Å². The van der Waals surface area contributed by atoms with Gasteiger partial charge in [0.2, 0.25) is 5.43 Å². The highest BCUT2D eigenvalue weighted by Gasteiger charge is 2.15. The first-order valence-corrected chi connectivity index (χ1v) is 8.03. The van der Waals surface area contributed by atoms with Crippen LogP contribution in [0.15, 0.2) is 63.8 Å². The smallest absolute Gasteiger partial charge is 0.204 e. The summed E-state index contributed by atoms with van der Waals surface area (Å²) in [4.78, 5) is 12.7. The van der Waals surface area contributed by atoms with Crippen LogP contribution >= 0.6 is 0 Å². The van der Waals surface area contributed by atoms with Gasteiger partial charge in [0.1, 0.15) is 33.8 Å². The molecule has 0 saturated heterocycles. The molecular weight excluding hydrogens is 332 g/mol. The summed E-state index contributed by atoms with van der Waals surface area (Å²) in [5.41, 5.74) is 1.96. The number of hydrogen-bond acceptors (Lipinski definition) is 5. The van der Waals surface area contributed by atoms with Crippen LogP contribution in [0.3, 0.4) is 0 Å². The predicted octanol–water partition coefficient (Wildman–Crippen LogP) is 4.34. The number of hydrogen-bond donors (Lipinski definition) is 1. The van der Waals surface area contributed by atoms with Crippen molar-refractivity contribution in [3.63, 3.8) is 0 Å². The number of phenols is 1. The van der Waals surface area contributed by atoms with Crippen molar-refractivity contribution >= 4 is 21.9 Å². The molecule has 0 amide bonds. The minimum atomic E-state index is -0.257. The van der Waals surface area contributed by atoms with Crippen molar-refractivity contribution in [3.05, 3.63) is 64.8 Å². The fourth-order valence-corrected chi connectivity index (χ4v) is 3.10. The summed E-state index contributed by atoms with van der Waals surface area (Å²) >= 11 is 0. The lowest BCUT2D eigenvalue weighted by atomic mass is 10.0. The molecule has 1 heterocycles. The van der Waals surface area contributed by atoms with Crippen LogP contribution in [0, 0.1) is 0 Å². The largest absolute Gasteiger partial charge is 0.507 e. The molecule has 0 bridgehead atoms. The van der Waals surface area contributed by atoms with E-state index in [1.54, 1.807) is 62.8 Å². The predicted molar refractivity (Wildman–Crippen MR) is 100 cm³/mol. The Bertz CT molecular complexity index is 1190. The van der Waals surface area contributed by atoms with Crippen molar-refractivity contribution < 1.29 is 19.0 Å². The fourth-order valence-electron chi connectivity index (χ4n) is 3.10. The lowest BCUT2D eigenvalue weighted by Crippen LogP contribution is -2.02. The van der Waals surface area contributed by atoms with E-state index in [9.17, 15) is 9.90 Å². The molecule has 0 spiro atoms. The van der Waals surface area contributed by atoms with Gasteiger partial charge in [-0.3, -0.25) is 4.79 Å². The second-order valence-electron chi connectivity index (χ2n) is 5.86. The molecule has 0 aliphatic heterocycles. The number of para-hydroxylation sites is 1. The van der Waals surface area contributed by atoms with Gasteiger partial charge in [0.25, 0.3) is 0 Å². The van der Waals surface area contributed by atoms with Crippen molar-refractivity contribution in [1.29, 1.82) is 0 Å². The molecule has 0 unspecified atom stereocenters. The summed E-state index contributed by atoms with van der Waals surface area (Å²) in [5.74, 6) is 1.12. The van der Waals surface area contributed by atoms with Gasteiger partial charge in [-0.05, 0) is 42.0 Å². The monoisotopic (exact) mass is 348 g/mol. The van der Waals surface area contributed by atoms with Gasteiger partial charge in [0, 0.05) is 11.6 Å². The highest BCUT2D eigenvalue weighted by molar-refractivity contribution is 5.95. The van der Waals surface area contributed by atoms with Crippen LogP contribution < -0.4 is 14.9 Å². The van der Waals surface area contributed by atoms with E-state index < -0.39 is 0 Å². The standard InChI is InChI=1S/C21H16O5/c1-24-13-7-8-14(18(11-13)25-2)12-9-16(22)20-19(10-12)26-17-6-4-3-5-15(17)21(20)23/h3-11,22H,1-2H3. The van der Waals surface area contributed by atoms with Crippen LogP contribution in [0.1, 0.15) is 0 Å². The summed E-state index contributed by atoms with van der Waals surface area (Å²) in [6, 6.07) is 15.6. The first kappa shape index (κ1) is 16.0. The minimum Gasteiger partial charge on any atom is -0.507 e. The third-order valence-corrected chi connectivity index (χ3v) is 4.38. The van der Waals surface area contributed by atoms with E-state index in [2.05, 4.69) is 0 Å². The van der Waals surface area contributed by atoms with Gasteiger partial charge in [0.05, 0.1) is 19.6 Å². The molecule has 5 heteroatoms. The first-order valence-electron chi connectivity index (χ1n) is 8.03. The quantitative estimate of drug-likeness (QED) is 0.558. The fraction of sp³-hybridized carbons (Fsp3) is 0.0952. The number of methoxy groups -OCH3 is 2. The molecule has 0 fully saturated rings. The molecular formula is C21H16O5. The van der Waals surface area contributed by atoms with Crippen LogP contribution in [0.4, 0.5) is 0 Å². The average molecular weight is 348 g/mol. The lowest BCUT2D eigenvalue weighted by molar-refractivity contribution is 0.395. The van der Waals surface area contributed by atoms with Crippen molar-refractivity contribution in [2.24, 2.45) is 0 Å². The second kappa shape index (κ2) is 6.11. The molecule has 3 aromatic carbocycles. The van der Waals surface area contributed by atoms with Crippen LogP contribution in [-0.4, -0.2) is 19.3 Å². The summed E-state index contributed by atoms with van der Waals surface area (Å²) in [6.07, 6.45) is 0. The zero-order chi connectivity index (χ0) is 18.3. The van der Waals surface area contributed by atoms with Crippen LogP contribution in [-0.2, 0) is 0 Å². The Labute approximate surface area is 149 Å². The second-order valence-corrected chi connectivity index (χ2v) is 5.86. The lowest BCUT2D eigenvalue weighted by Gasteiger charge is -2.12. The molecule has 130 valence electrons. The number of fused-ring (bicyclic) bond motifs is 2. The number of rotatable bonds is 3. The number of phenolic OH excluding ortho intramolecular Hbond substituents is 1. The number of aromatic hydroxyl groups is 1. The molecule has 0 aliphatic carbocycles. The summed E-state index contributed by atoms with van der Waals surface area (Å²) < 4.78 is 16.5. The average Bonchev–Trinajstić information content (AvgIpc) is 2.67. The zero-order valence-corrected chi connectivity index (χ0v) is 14.3. The van der Waals surface area contributed by atoms with Crippen LogP contribution in [0.25, 0.3) is 33.1 Å². The van der Waals surface area contributed by atoms with E-state index in [1.165, 1.54) is 0 Å².